The van der Waals surface area contributed by atoms with Gasteiger partial charge < -0.3 is 30.0 Å². The highest BCUT2D eigenvalue weighted by molar-refractivity contribution is 6.32. The van der Waals surface area contributed by atoms with Crippen LogP contribution in [0.5, 0.6) is 17.2 Å². The van der Waals surface area contributed by atoms with Crippen LogP contribution in [0.3, 0.4) is 0 Å². The summed E-state index contributed by atoms with van der Waals surface area (Å²) in [5, 5.41) is 15.7. The highest BCUT2D eigenvalue weighted by atomic mass is 35.5. The van der Waals surface area contributed by atoms with E-state index in [0.717, 1.165) is 0 Å². The van der Waals surface area contributed by atoms with Crippen LogP contribution < -0.4 is 24.8 Å². The predicted molar refractivity (Wildman–Crippen MR) is 99.5 cm³/mol. The summed E-state index contributed by atoms with van der Waals surface area (Å²) in [5.74, 6) is 1.52. The first-order chi connectivity index (χ1) is 12.5. The summed E-state index contributed by atoms with van der Waals surface area (Å²) in [6.45, 7) is 0.0321. The van der Waals surface area contributed by atoms with Gasteiger partial charge >= 0.3 is 6.03 Å². The maximum Gasteiger partial charge on any atom is 0.319 e. The highest BCUT2D eigenvalue weighted by Crippen LogP contribution is 2.35. The van der Waals surface area contributed by atoms with Crippen molar-refractivity contribution < 1.29 is 24.1 Å². The fourth-order valence-corrected chi connectivity index (χ4v) is 2.50. The number of halogens is 1. The number of rotatable bonds is 7. The number of carbonyl (C=O) groups is 1. The molecule has 2 aromatic carbocycles. The van der Waals surface area contributed by atoms with Crippen LogP contribution in [-0.2, 0) is 0 Å². The molecule has 7 nitrogen and oxygen atoms in total. The van der Waals surface area contributed by atoms with Gasteiger partial charge in [-0.05, 0) is 23.8 Å². The van der Waals surface area contributed by atoms with Crippen molar-refractivity contribution >= 4 is 23.3 Å². The van der Waals surface area contributed by atoms with Gasteiger partial charge in [0.25, 0.3) is 0 Å². The van der Waals surface area contributed by atoms with E-state index in [4.69, 9.17) is 25.8 Å². The van der Waals surface area contributed by atoms with E-state index in [1.54, 1.807) is 37.4 Å². The van der Waals surface area contributed by atoms with E-state index in [1.807, 2.05) is 0 Å². The summed E-state index contributed by atoms with van der Waals surface area (Å²) in [7, 11) is 4.53. The summed E-state index contributed by atoms with van der Waals surface area (Å²) in [6, 6.07) is 9.54. The monoisotopic (exact) mass is 380 g/mol. The van der Waals surface area contributed by atoms with Crippen molar-refractivity contribution in [1.82, 2.24) is 5.32 Å². The normalized spacial score (nSPS) is 11.4. The molecule has 140 valence electrons. The molecular formula is C18H21ClN2O5. The van der Waals surface area contributed by atoms with Gasteiger partial charge in [0.05, 0.1) is 38.1 Å². The van der Waals surface area contributed by atoms with E-state index in [2.05, 4.69) is 10.6 Å². The van der Waals surface area contributed by atoms with Crippen molar-refractivity contribution in [2.24, 2.45) is 0 Å². The summed E-state index contributed by atoms with van der Waals surface area (Å²) in [5.41, 5.74) is 1.05. The lowest BCUT2D eigenvalue weighted by atomic mass is 10.1. The van der Waals surface area contributed by atoms with Gasteiger partial charge in [-0.1, -0.05) is 23.7 Å². The maximum absolute atomic E-state index is 12.1. The van der Waals surface area contributed by atoms with E-state index >= 15 is 0 Å². The fraction of sp³-hybridized carbons (Fsp3) is 0.278. The van der Waals surface area contributed by atoms with Crippen molar-refractivity contribution in [2.45, 2.75) is 6.10 Å². The second-order valence-electron chi connectivity index (χ2n) is 5.31. The van der Waals surface area contributed by atoms with Crippen LogP contribution in [0.25, 0.3) is 0 Å². The number of nitrogens with one attached hydrogen (secondary N) is 2. The zero-order valence-electron chi connectivity index (χ0n) is 14.7. The number of amides is 2. The van der Waals surface area contributed by atoms with Gasteiger partial charge in [0.2, 0.25) is 0 Å². The molecule has 0 saturated carbocycles. The second kappa shape index (κ2) is 9.17. The number of urea groups is 1. The third kappa shape index (κ3) is 4.93. The van der Waals surface area contributed by atoms with Gasteiger partial charge in [0, 0.05) is 12.6 Å². The number of aliphatic hydroxyl groups excluding tert-OH is 1. The average molecular weight is 381 g/mol. The average Bonchev–Trinajstić information content (AvgIpc) is 2.66. The third-order valence-electron chi connectivity index (χ3n) is 3.68. The van der Waals surface area contributed by atoms with Gasteiger partial charge in [-0.2, -0.15) is 0 Å². The van der Waals surface area contributed by atoms with Gasteiger partial charge in [0.1, 0.15) is 17.2 Å². The minimum Gasteiger partial charge on any atom is -0.497 e. The Balaban J connectivity index is 1.97. The van der Waals surface area contributed by atoms with Crippen molar-refractivity contribution in [3.63, 3.8) is 0 Å². The fourth-order valence-electron chi connectivity index (χ4n) is 2.26. The molecule has 0 bridgehead atoms. The van der Waals surface area contributed by atoms with Crippen LogP contribution in [0.15, 0.2) is 36.4 Å². The largest absolute Gasteiger partial charge is 0.497 e. The molecule has 2 aromatic rings. The minimum absolute atomic E-state index is 0.0321. The summed E-state index contributed by atoms with van der Waals surface area (Å²) in [4.78, 5) is 12.1. The molecule has 0 aliphatic carbocycles. The van der Waals surface area contributed by atoms with E-state index in [9.17, 15) is 9.90 Å². The lowest BCUT2D eigenvalue weighted by Gasteiger charge is -2.15. The Labute approximate surface area is 156 Å². The highest BCUT2D eigenvalue weighted by Gasteiger charge is 2.14. The Bertz CT molecular complexity index is 752. The van der Waals surface area contributed by atoms with Crippen LogP contribution in [-0.4, -0.2) is 39.0 Å². The molecule has 26 heavy (non-hydrogen) atoms. The topological polar surface area (TPSA) is 89.1 Å². The van der Waals surface area contributed by atoms with Gasteiger partial charge in [-0.3, -0.25) is 0 Å². The molecular weight excluding hydrogens is 360 g/mol. The Morgan fingerprint density at radius 3 is 2.31 bits per heavy atom. The third-order valence-corrected chi connectivity index (χ3v) is 3.97. The number of hydrogen-bond acceptors (Lipinski definition) is 5. The lowest BCUT2D eigenvalue weighted by molar-refractivity contribution is 0.175. The zero-order chi connectivity index (χ0) is 19.1. The molecule has 0 spiro atoms. The van der Waals surface area contributed by atoms with E-state index in [-0.39, 0.29) is 6.54 Å². The molecule has 8 heteroatoms. The van der Waals surface area contributed by atoms with Crippen LogP contribution >= 0.6 is 11.6 Å². The molecule has 3 N–H and O–H groups in total. The number of anilines is 1. The van der Waals surface area contributed by atoms with Crippen LogP contribution in [0.4, 0.5) is 10.5 Å². The van der Waals surface area contributed by atoms with E-state index < -0.39 is 12.1 Å². The molecule has 1 unspecified atom stereocenters. The quantitative estimate of drug-likeness (QED) is 0.686. The number of carbonyl (C=O) groups excluding carboxylic acids is 1. The smallest absolute Gasteiger partial charge is 0.319 e. The summed E-state index contributed by atoms with van der Waals surface area (Å²) >= 11 is 6.07. The maximum atomic E-state index is 12.1. The summed E-state index contributed by atoms with van der Waals surface area (Å²) in [6.07, 6.45) is -0.854. The molecule has 0 radical (unpaired) electrons. The number of ether oxygens (including phenoxy) is 3. The lowest BCUT2D eigenvalue weighted by Crippen LogP contribution is -2.32. The molecule has 0 fully saturated rings. The number of benzene rings is 2. The first-order valence-electron chi connectivity index (χ1n) is 7.76. The van der Waals surface area contributed by atoms with Crippen molar-refractivity contribution in [3.05, 3.63) is 47.0 Å². The molecule has 0 aliphatic rings. The SMILES string of the molecule is COc1ccc(C(O)CNC(=O)Nc2cc(Cl)c(OC)cc2OC)cc1. The first-order valence-corrected chi connectivity index (χ1v) is 8.14. The van der Waals surface area contributed by atoms with Crippen LogP contribution in [0.2, 0.25) is 5.02 Å². The second-order valence-corrected chi connectivity index (χ2v) is 5.72. The van der Waals surface area contributed by atoms with Crippen molar-refractivity contribution in [2.75, 3.05) is 33.2 Å². The number of hydrogen-bond donors (Lipinski definition) is 3. The number of aliphatic hydroxyl groups is 1. The first kappa shape index (κ1) is 19.7. The van der Waals surface area contributed by atoms with Gasteiger partial charge in [-0.15, -0.1) is 0 Å². The molecule has 0 aromatic heterocycles. The molecule has 0 aliphatic heterocycles. The summed E-state index contributed by atoms with van der Waals surface area (Å²) < 4.78 is 15.4. The van der Waals surface area contributed by atoms with Crippen molar-refractivity contribution in [1.29, 1.82) is 0 Å². The molecule has 0 saturated heterocycles. The molecule has 0 heterocycles. The van der Waals surface area contributed by atoms with E-state index in [1.165, 1.54) is 20.3 Å². The molecule has 2 rings (SSSR count). The minimum atomic E-state index is -0.854. The Morgan fingerprint density at radius 1 is 1.08 bits per heavy atom. The Morgan fingerprint density at radius 2 is 1.73 bits per heavy atom. The zero-order valence-corrected chi connectivity index (χ0v) is 15.5. The molecule has 2 amide bonds. The standard InChI is InChI=1S/C18H21ClN2O5/c1-24-12-6-4-11(5-7-12)15(22)10-20-18(23)21-14-8-13(19)16(25-2)9-17(14)26-3/h4-9,15,22H,10H2,1-3H3,(H2,20,21,23). The van der Waals surface area contributed by atoms with E-state index in [0.29, 0.717) is 33.5 Å². The Kier molecular flexibility index (Phi) is 6.94. The van der Waals surface area contributed by atoms with Crippen molar-refractivity contribution in [3.8, 4) is 17.2 Å². The Hall–Kier alpha value is -2.64. The van der Waals surface area contributed by atoms with Crippen LogP contribution in [0, 0.1) is 0 Å². The van der Waals surface area contributed by atoms with Gasteiger partial charge in [0.15, 0.2) is 0 Å². The van der Waals surface area contributed by atoms with Gasteiger partial charge in [-0.25, -0.2) is 4.79 Å². The van der Waals surface area contributed by atoms with Crippen LogP contribution in [0.1, 0.15) is 11.7 Å². The number of methoxy groups -OCH3 is 3. The molecule has 1 atom stereocenters. The predicted octanol–water partition coefficient (Wildman–Crippen LogP) is 3.22.